The summed E-state index contributed by atoms with van der Waals surface area (Å²) in [6.45, 7) is 0. The van der Waals surface area contributed by atoms with Gasteiger partial charge in [-0.1, -0.05) is 133 Å². The molecular formula is C39H27O2PS. The van der Waals surface area contributed by atoms with Crippen molar-refractivity contribution in [1.29, 1.82) is 0 Å². The number of thiophene rings is 1. The van der Waals surface area contributed by atoms with E-state index in [1.807, 2.05) is 66.7 Å². The maximum Gasteiger partial charge on any atom is 0.172 e. The van der Waals surface area contributed by atoms with E-state index >= 15 is 4.57 Å². The molecule has 0 bridgehead atoms. The van der Waals surface area contributed by atoms with Gasteiger partial charge in [0.05, 0.1) is 0 Å². The van der Waals surface area contributed by atoms with Crippen molar-refractivity contribution in [3.05, 3.63) is 167 Å². The van der Waals surface area contributed by atoms with Crippen LogP contribution < -0.4 is 20.7 Å². The second-order valence-corrected chi connectivity index (χ2v) is 14.2. The lowest BCUT2D eigenvalue weighted by atomic mass is 9.81. The minimum absolute atomic E-state index is 0.432. The highest BCUT2D eigenvalue weighted by Crippen LogP contribution is 2.56. The first kappa shape index (κ1) is 26.0. The molecule has 1 unspecified atom stereocenters. The van der Waals surface area contributed by atoms with Crippen LogP contribution in [-0.2, 0) is 4.57 Å². The fourth-order valence-corrected chi connectivity index (χ4v) is 10.3. The van der Waals surface area contributed by atoms with Crippen molar-refractivity contribution in [2.45, 2.75) is 6.10 Å². The monoisotopic (exact) mass is 590 g/mol. The first-order valence-electron chi connectivity index (χ1n) is 14.4. The molecular weight excluding hydrogens is 563 g/mol. The zero-order chi connectivity index (χ0) is 28.8. The summed E-state index contributed by atoms with van der Waals surface area (Å²) in [6, 6.07) is 49.4. The summed E-state index contributed by atoms with van der Waals surface area (Å²) in [5.74, 6) is 0.832. The van der Waals surface area contributed by atoms with Crippen LogP contribution in [0.5, 0.6) is 5.75 Å². The van der Waals surface area contributed by atoms with Gasteiger partial charge in [0.25, 0.3) is 0 Å². The zero-order valence-corrected chi connectivity index (χ0v) is 25.0. The number of fused-ring (bicyclic) bond motifs is 4. The second kappa shape index (κ2) is 10.5. The SMILES string of the molecule is O=P(c1ccccc1)(c1ccccc1)c1c2c(c(-c3ccccc3)c3ccccc13)-c1ccccc1OC2c1ccsc1. The lowest BCUT2D eigenvalue weighted by Gasteiger charge is -2.36. The average Bonchev–Trinajstić information content (AvgIpc) is 3.63. The molecule has 0 N–H and O–H groups in total. The van der Waals surface area contributed by atoms with Crippen molar-refractivity contribution in [2.24, 2.45) is 0 Å². The molecule has 0 fully saturated rings. The smallest absolute Gasteiger partial charge is 0.172 e. The first-order valence-corrected chi connectivity index (χ1v) is 17.0. The Balaban J connectivity index is 1.64. The van der Waals surface area contributed by atoms with Crippen LogP contribution in [0.25, 0.3) is 33.0 Å². The molecule has 43 heavy (non-hydrogen) atoms. The Morgan fingerprint density at radius 3 is 1.81 bits per heavy atom. The van der Waals surface area contributed by atoms with E-state index in [1.165, 1.54) is 0 Å². The fourth-order valence-electron chi connectivity index (χ4n) is 6.52. The van der Waals surface area contributed by atoms with Gasteiger partial charge in [-0.15, -0.1) is 0 Å². The summed E-state index contributed by atoms with van der Waals surface area (Å²) >= 11 is 1.65. The van der Waals surface area contributed by atoms with Crippen molar-refractivity contribution >= 4 is 45.2 Å². The molecule has 1 aliphatic heterocycles. The molecule has 0 radical (unpaired) electrons. The van der Waals surface area contributed by atoms with E-state index in [9.17, 15) is 0 Å². The van der Waals surface area contributed by atoms with E-state index in [1.54, 1.807) is 11.3 Å². The molecule has 2 heterocycles. The molecule has 2 nitrogen and oxygen atoms in total. The molecule has 0 saturated carbocycles. The quantitative estimate of drug-likeness (QED) is 0.187. The lowest BCUT2D eigenvalue weighted by molar-refractivity contribution is 0.245. The number of rotatable bonds is 5. The van der Waals surface area contributed by atoms with E-state index < -0.39 is 13.2 Å². The van der Waals surface area contributed by atoms with Crippen molar-refractivity contribution in [2.75, 3.05) is 0 Å². The minimum Gasteiger partial charge on any atom is -0.480 e. The Kier molecular flexibility index (Phi) is 6.37. The molecule has 4 heteroatoms. The fraction of sp³-hybridized carbons (Fsp3) is 0.0256. The van der Waals surface area contributed by atoms with E-state index in [0.717, 1.165) is 65.8 Å². The Hall–Kier alpha value is -4.69. The van der Waals surface area contributed by atoms with Crippen molar-refractivity contribution < 1.29 is 9.30 Å². The predicted molar refractivity (Wildman–Crippen MR) is 181 cm³/mol. The van der Waals surface area contributed by atoms with E-state index in [-0.39, 0.29) is 0 Å². The van der Waals surface area contributed by atoms with Gasteiger partial charge >= 0.3 is 0 Å². The molecule has 206 valence electrons. The van der Waals surface area contributed by atoms with Gasteiger partial charge in [-0.2, -0.15) is 11.3 Å². The third kappa shape index (κ3) is 4.12. The summed E-state index contributed by atoms with van der Waals surface area (Å²) in [6.07, 6.45) is -0.432. The highest BCUT2D eigenvalue weighted by molar-refractivity contribution is 7.85. The number of benzene rings is 6. The zero-order valence-electron chi connectivity index (χ0n) is 23.3. The summed E-state index contributed by atoms with van der Waals surface area (Å²) < 4.78 is 23.3. The Morgan fingerprint density at radius 1 is 0.581 bits per heavy atom. The molecule has 1 atom stereocenters. The van der Waals surface area contributed by atoms with Crippen molar-refractivity contribution in [3.63, 3.8) is 0 Å². The molecule has 6 aromatic carbocycles. The Labute approximate surface area is 255 Å². The third-order valence-corrected chi connectivity index (χ3v) is 12.2. The molecule has 1 aromatic heterocycles. The van der Waals surface area contributed by atoms with Crippen molar-refractivity contribution in [3.8, 4) is 28.0 Å². The van der Waals surface area contributed by atoms with Gasteiger partial charge in [-0.3, -0.25) is 0 Å². The molecule has 1 aliphatic rings. The normalized spacial score (nSPS) is 14.1. The number of hydrogen-bond donors (Lipinski definition) is 0. The van der Waals surface area contributed by atoms with Gasteiger partial charge in [-0.05, 0) is 44.8 Å². The largest absolute Gasteiger partial charge is 0.480 e. The van der Waals surface area contributed by atoms with Crippen LogP contribution >= 0.6 is 18.5 Å². The molecule has 8 rings (SSSR count). The molecule has 7 aromatic rings. The topological polar surface area (TPSA) is 26.3 Å². The van der Waals surface area contributed by atoms with Gasteiger partial charge in [0.1, 0.15) is 5.75 Å². The third-order valence-electron chi connectivity index (χ3n) is 8.35. The number of para-hydroxylation sites is 1. The Bertz CT molecular complexity index is 2080. The molecule has 0 amide bonds. The van der Waals surface area contributed by atoms with Crippen LogP contribution in [0, 0.1) is 0 Å². The maximum atomic E-state index is 16.3. The van der Waals surface area contributed by atoms with Crippen LogP contribution in [0.15, 0.2) is 156 Å². The first-order chi connectivity index (χ1) is 21.2. The Morgan fingerprint density at radius 2 is 1.16 bits per heavy atom. The van der Waals surface area contributed by atoms with E-state index in [0.29, 0.717) is 0 Å². The highest BCUT2D eigenvalue weighted by Gasteiger charge is 2.41. The average molecular weight is 591 g/mol. The van der Waals surface area contributed by atoms with Crippen molar-refractivity contribution in [1.82, 2.24) is 0 Å². The maximum absolute atomic E-state index is 16.3. The highest BCUT2D eigenvalue weighted by atomic mass is 32.1. The number of ether oxygens (including phenoxy) is 1. The summed E-state index contributed by atoms with van der Waals surface area (Å²) in [4.78, 5) is 0. The van der Waals surface area contributed by atoms with E-state index in [4.69, 9.17) is 4.74 Å². The lowest BCUT2D eigenvalue weighted by Crippen LogP contribution is -2.32. The van der Waals surface area contributed by atoms with Crippen LogP contribution in [-0.4, -0.2) is 0 Å². The standard InChI is InChI=1S/C39H27O2PS/c40-42(29-16-6-2-7-17-29,30-18-8-3-9-19-30)39-32-21-11-10-20-31(32)35(27-14-4-1-5-15-27)36-33-22-12-13-23-34(33)41-38(37(36)39)28-24-25-43-26-28/h1-26,38H. The van der Waals surface area contributed by atoms with Gasteiger partial charge < -0.3 is 9.30 Å². The van der Waals surface area contributed by atoms with E-state index in [2.05, 4.69) is 89.6 Å². The summed E-state index contributed by atoms with van der Waals surface area (Å²) in [5.41, 5.74) is 6.40. The molecule has 0 aliphatic carbocycles. The second-order valence-electron chi connectivity index (χ2n) is 10.8. The molecule has 0 saturated heterocycles. The van der Waals surface area contributed by atoms with Gasteiger partial charge in [0.15, 0.2) is 13.2 Å². The van der Waals surface area contributed by atoms with Crippen LogP contribution in [0.1, 0.15) is 17.2 Å². The van der Waals surface area contributed by atoms with Crippen LogP contribution in [0.3, 0.4) is 0 Å². The van der Waals surface area contributed by atoms with Gasteiger partial charge in [-0.25, -0.2) is 0 Å². The van der Waals surface area contributed by atoms with Crippen LogP contribution in [0.2, 0.25) is 0 Å². The minimum atomic E-state index is -3.42. The number of hydrogen-bond acceptors (Lipinski definition) is 3. The van der Waals surface area contributed by atoms with Gasteiger partial charge in [0, 0.05) is 38.2 Å². The predicted octanol–water partition coefficient (Wildman–Crippen LogP) is 9.36. The summed E-state index contributed by atoms with van der Waals surface area (Å²) in [7, 11) is -3.42. The van der Waals surface area contributed by atoms with Gasteiger partial charge in [0.2, 0.25) is 0 Å². The van der Waals surface area contributed by atoms with Crippen LogP contribution in [0.4, 0.5) is 0 Å². The summed E-state index contributed by atoms with van der Waals surface area (Å²) in [5, 5.41) is 8.77. The molecule has 0 spiro atoms.